The molecule has 1 aromatic rings. The molecule has 0 amide bonds. The van der Waals surface area contributed by atoms with Crippen LogP contribution in [0.1, 0.15) is 46.1 Å². The second-order valence-electron chi connectivity index (χ2n) is 5.95. The minimum atomic E-state index is 0. The number of rotatable bonds is 8. The lowest BCUT2D eigenvalue weighted by molar-refractivity contribution is 0.661. The number of benzene rings is 1. The van der Waals surface area contributed by atoms with Crippen molar-refractivity contribution in [2.75, 3.05) is 0 Å². The molecule has 0 aliphatic carbocycles. The Balaban J connectivity index is 0. The zero-order chi connectivity index (χ0) is 18.4. The average Bonchev–Trinajstić information content (AvgIpc) is 2.60. The van der Waals surface area contributed by atoms with E-state index < -0.39 is 0 Å². The summed E-state index contributed by atoms with van der Waals surface area (Å²) in [5.74, 6) is 0.282. The van der Waals surface area contributed by atoms with E-state index in [2.05, 4.69) is 51.3 Å². The summed E-state index contributed by atoms with van der Waals surface area (Å²) < 4.78 is 0. The van der Waals surface area contributed by atoms with Crippen molar-refractivity contribution in [3.63, 3.8) is 0 Å². The van der Waals surface area contributed by atoms with Crippen molar-refractivity contribution in [2.24, 2.45) is 5.92 Å². The summed E-state index contributed by atoms with van der Waals surface area (Å²) in [6, 6.07) is 10.4. The summed E-state index contributed by atoms with van der Waals surface area (Å²) in [6.45, 7) is 15.8. The molecule has 0 radical (unpaired) electrons. The van der Waals surface area contributed by atoms with E-state index in [0.29, 0.717) is 5.71 Å². The van der Waals surface area contributed by atoms with Gasteiger partial charge in [0.25, 0.3) is 0 Å². The summed E-state index contributed by atoms with van der Waals surface area (Å²) in [5.41, 5.74) is 4.19. The van der Waals surface area contributed by atoms with Gasteiger partial charge in [0.05, 0.1) is 0 Å². The lowest BCUT2D eigenvalue weighted by Crippen LogP contribution is -2.14. The Morgan fingerprint density at radius 2 is 1.72 bits per heavy atom. The number of hydrogen-bond donors (Lipinski definition) is 1. The van der Waals surface area contributed by atoms with Crippen molar-refractivity contribution < 1.29 is 0 Å². The van der Waals surface area contributed by atoms with E-state index >= 15 is 0 Å². The van der Waals surface area contributed by atoms with Crippen LogP contribution < -0.4 is 0 Å². The molecule has 0 saturated carbocycles. The summed E-state index contributed by atoms with van der Waals surface area (Å²) >= 11 is 0. The predicted octanol–water partition coefficient (Wildman–Crippen LogP) is 7.55. The van der Waals surface area contributed by atoms with Gasteiger partial charge in [0, 0.05) is 11.6 Å². The van der Waals surface area contributed by atoms with Crippen molar-refractivity contribution in [3.8, 4) is 0 Å². The van der Waals surface area contributed by atoms with Crippen LogP contribution in [-0.2, 0) is 6.42 Å². The lowest BCUT2D eigenvalue weighted by Gasteiger charge is -2.15. The second kappa shape index (κ2) is 16.1. The molecule has 25 heavy (non-hydrogen) atoms. The van der Waals surface area contributed by atoms with Crippen LogP contribution in [-0.4, -0.2) is 5.71 Å². The van der Waals surface area contributed by atoms with Gasteiger partial charge >= 0.3 is 0 Å². The monoisotopic (exact) mass is 451 g/mol. The number of allylic oxidation sites excluding steroid dienone is 6. The van der Waals surface area contributed by atoms with Gasteiger partial charge in [-0.2, -0.15) is 0 Å². The Kier molecular flexibility index (Phi) is 16.6. The molecule has 2 heteroatoms. The summed E-state index contributed by atoms with van der Waals surface area (Å²) in [7, 11) is 0. The van der Waals surface area contributed by atoms with E-state index in [1.807, 2.05) is 38.1 Å². The molecule has 0 heterocycles. The molecule has 138 valence electrons. The van der Waals surface area contributed by atoms with Crippen molar-refractivity contribution in [2.45, 2.75) is 47.0 Å². The smallest absolute Gasteiger partial charge is 0.0347 e. The predicted molar refractivity (Wildman–Crippen MR) is 125 cm³/mol. The van der Waals surface area contributed by atoms with Crippen LogP contribution in [0.4, 0.5) is 0 Å². The third kappa shape index (κ3) is 12.6. The van der Waals surface area contributed by atoms with E-state index in [9.17, 15) is 0 Å². The topological polar surface area (TPSA) is 23.9 Å². The van der Waals surface area contributed by atoms with Gasteiger partial charge in [-0.3, -0.25) is 0 Å². The Morgan fingerprint density at radius 3 is 2.16 bits per heavy atom. The molecular weight excluding hydrogens is 417 g/mol. The molecule has 1 rings (SSSR count). The van der Waals surface area contributed by atoms with Crippen LogP contribution in [0.25, 0.3) is 0 Å². The van der Waals surface area contributed by atoms with Crippen LogP contribution >= 0.6 is 24.0 Å². The molecule has 1 aromatic carbocycles. The van der Waals surface area contributed by atoms with Crippen LogP contribution in [0.5, 0.6) is 0 Å². The van der Waals surface area contributed by atoms with Crippen LogP contribution in [0.15, 0.2) is 78.9 Å². The van der Waals surface area contributed by atoms with E-state index in [4.69, 9.17) is 5.41 Å². The molecule has 0 aliphatic heterocycles. The Bertz CT molecular complexity index is 563. The summed E-state index contributed by atoms with van der Waals surface area (Å²) in [4.78, 5) is 0. The van der Waals surface area contributed by atoms with Crippen molar-refractivity contribution in [1.29, 1.82) is 5.41 Å². The Morgan fingerprint density at radius 1 is 1.16 bits per heavy atom. The quantitative estimate of drug-likeness (QED) is 0.183. The highest BCUT2D eigenvalue weighted by Crippen LogP contribution is 2.17. The van der Waals surface area contributed by atoms with Gasteiger partial charge < -0.3 is 5.41 Å². The van der Waals surface area contributed by atoms with Gasteiger partial charge in [0.15, 0.2) is 0 Å². The first-order valence-corrected chi connectivity index (χ1v) is 8.65. The molecule has 0 fully saturated rings. The van der Waals surface area contributed by atoms with E-state index in [1.165, 1.54) is 11.1 Å². The van der Waals surface area contributed by atoms with Crippen molar-refractivity contribution in [1.82, 2.24) is 0 Å². The maximum atomic E-state index is 8.30. The van der Waals surface area contributed by atoms with Crippen molar-refractivity contribution in [3.05, 3.63) is 84.5 Å². The third-order valence-electron chi connectivity index (χ3n) is 3.79. The summed E-state index contributed by atoms with van der Waals surface area (Å²) in [5, 5.41) is 8.30. The van der Waals surface area contributed by atoms with Crippen molar-refractivity contribution >= 4 is 29.7 Å². The van der Waals surface area contributed by atoms with E-state index in [-0.39, 0.29) is 29.9 Å². The maximum absolute atomic E-state index is 8.30. The molecule has 0 aliphatic rings. The SMILES string of the molecule is C/C=C\C.C=CC(=C)C/C(C)=C/C(=N)C(CC)Cc1ccccc1.I. The van der Waals surface area contributed by atoms with Gasteiger partial charge in [-0.05, 0) is 51.7 Å². The van der Waals surface area contributed by atoms with E-state index in [1.54, 1.807) is 6.08 Å². The van der Waals surface area contributed by atoms with Crippen LogP contribution in [0.2, 0.25) is 0 Å². The lowest BCUT2D eigenvalue weighted by atomic mass is 9.91. The molecule has 0 saturated heterocycles. The van der Waals surface area contributed by atoms with Gasteiger partial charge in [-0.1, -0.05) is 79.8 Å². The molecule has 0 aromatic heterocycles. The minimum absolute atomic E-state index is 0. The third-order valence-corrected chi connectivity index (χ3v) is 3.79. The van der Waals surface area contributed by atoms with Gasteiger partial charge in [0.2, 0.25) is 0 Å². The molecule has 0 spiro atoms. The van der Waals surface area contributed by atoms with E-state index in [0.717, 1.165) is 24.8 Å². The average molecular weight is 451 g/mol. The highest BCUT2D eigenvalue weighted by molar-refractivity contribution is 14.0. The molecular formula is C23H34IN. The van der Waals surface area contributed by atoms with Crippen LogP contribution in [0, 0.1) is 11.3 Å². The van der Waals surface area contributed by atoms with Gasteiger partial charge in [-0.25, -0.2) is 0 Å². The minimum Gasteiger partial charge on any atom is -0.305 e. The summed E-state index contributed by atoms with van der Waals surface area (Å²) in [6.07, 6.45) is 10.5. The first-order chi connectivity index (χ1) is 11.5. The number of nitrogens with one attached hydrogen (secondary N) is 1. The van der Waals surface area contributed by atoms with Crippen LogP contribution in [0.3, 0.4) is 0 Å². The second-order valence-corrected chi connectivity index (χ2v) is 5.95. The maximum Gasteiger partial charge on any atom is 0.0347 e. The Labute approximate surface area is 172 Å². The molecule has 1 atom stereocenters. The zero-order valence-corrected chi connectivity index (χ0v) is 18.5. The largest absolute Gasteiger partial charge is 0.305 e. The highest BCUT2D eigenvalue weighted by Gasteiger charge is 2.11. The first kappa shape index (κ1) is 25.8. The normalized spacial score (nSPS) is 11.8. The van der Waals surface area contributed by atoms with Gasteiger partial charge in [-0.15, -0.1) is 24.0 Å². The highest BCUT2D eigenvalue weighted by atomic mass is 127. The molecule has 1 N–H and O–H groups in total. The fourth-order valence-electron chi connectivity index (χ4n) is 2.24. The molecule has 1 unspecified atom stereocenters. The fourth-order valence-corrected chi connectivity index (χ4v) is 2.24. The Hall–Kier alpha value is -1.42. The molecule has 1 nitrogen and oxygen atoms in total. The fraction of sp³-hybridized carbons (Fsp3) is 0.348. The number of hydrogen-bond acceptors (Lipinski definition) is 1. The standard InChI is InChI=1S/C19H25N.C4H8.HI/c1-5-15(3)12-16(4)13-19(20)18(6-2)14-17-10-8-7-9-11-17;1-3-4-2;/h5,7-11,13,18,20H,1,3,6,12,14H2,2,4H3;3-4H,1-2H3;1H/b16-13+,20-19?;4-3-;. The zero-order valence-electron chi connectivity index (χ0n) is 16.2. The molecule has 0 bridgehead atoms. The first-order valence-electron chi connectivity index (χ1n) is 8.65. The number of halogens is 1. The van der Waals surface area contributed by atoms with Gasteiger partial charge in [0.1, 0.15) is 0 Å².